The van der Waals surface area contributed by atoms with E-state index in [0.29, 0.717) is 24.4 Å². The molecule has 0 unspecified atom stereocenters. The summed E-state index contributed by atoms with van der Waals surface area (Å²) in [7, 11) is 0. The molecule has 0 fully saturated rings. The highest BCUT2D eigenvalue weighted by atomic mass is 16.1. The van der Waals surface area contributed by atoms with Gasteiger partial charge in [0.25, 0.3) is 5.91 Å². The second kappa shape index (κ2) is 5.39. The molecular weight excluding hydrogens is 230 g/mol. The monoisotopic (exact) mass is 245 g/mol. The summed E-state index contributed by atoms with van der Waals surface area (Å²) in [5.74, 6) is 0.511. The normalized spacial score (nSPS) is 10.3. The van der Waals surface area contributed by atoms with Gasteiger partial charge in [0.2, 0.25) is 0 Å². The fraction of sp³-hybridized carbons (Fsp3) is 0.333. The standard InChI is InChI=1S/C12H15N5O/c1-8-3-4-10(7-9(8)2)12(18)13-6-5-11-14-16-17-15-11/h3-4,7H,5-6H2,1-2H3,(H,13,18)(H,14,15,16,17). The smallest absolute Gasteiger partial charge is 0.251 e. The Morgan fingerprint density at radius 2 is 2.17 bits per heavy atom. The average molecular weight is 245 g/mol. The lowest BCUT2D eigenvalue weighted by molar-refractivity contribution is 0.0954. The Hall–Kier alpha value is -2.24. The number of aromatic nitrogens is 4. The maximum absolute atomic E-state index is 11.9. The maximum Gasteiger partial charge on any atom is 0.251 e. The molecule has 2 aromatic rings. The number of H-pyrrole nitrogens is 1. The predicted octanol–water partition coefficient (Wildman–Crippen LogP) is 0.789. The lowest BCUT2D eigenvalue weighted by Gasteiger charge is -2.06. The molecule has 6 heteroatoms. The van der Waals surface area contributed by atoms with Gasteiger partial charge in [-0.05, 0) is 37.1 Å². The number of hydrogen-bond acceptors (Lipinski definition) is 4. The Labute approximate surface area is 105 Å². The van der Waals surface area contributed by atoms with Crippen molar-refractivity contribution in [1.29, 1.82) is 0 Å². The average Bonchev–Trinajstić information content (AvgIpc) is 2.85. The van der Waals surface area contributed by atoms with Gasteiger partial charge in [0.15, 0.2) is 5.82 Å². The molecule has 0 atom stereocenters. The van der Waals surface area contributed by atoms with Crippen LogP contribution < -0.4 is 5.32 Å². The number of aryl methyl sites for hydroxylation is 2. The van der Waals surface area contributed by atoms with Gasteiger partial charge in [-0.15, -0.1) is 10.2 Å². The second-order valence-electron chi connectivity index (χ2n) is 4.13. The zero-order valence-electron chi connectivity index (χ0n) is 10.4. The zero-order chi connectivity index (χ0) is 13.0. The third-order valence-electron chi connectivity index (χ3n) is 2.79. The Balaban J connectivity index is 1.89. The van der Waals surface area contributed by atoms with E-state index in [4.69, 9.17) is 0 Å². The minimum absolute atomic E-state index is 0.0819. The molecule has 0 aliphatic heterocycles. The summed E-state index contributed by atoms with van der Waals surface area (Å²) in [5, 5.41) is 16.3. The molecule has 1 aromatic carbocycles. The highest BCUT2D eigenvalue weighted by molar-refractivity contribution is 5.94. The number of nitrogens with zero attached hydrogens (tertiary/aromatic N) is 3. The van der Waals surface area contributed by atoms with E-state index in [0.717, 1.165) is 5.56 Å². The number of carbonyl (C=O) groups excluding carboxylic acids is 1. The van der Waals surface area contributed by atoms with Gasteiger partial charge in [0.1, 0.15) is 0 Å². The van der Waals surface area contributed by atoms with Crippen LogP contribution in [0.5, 0.6) is 0 Å². The van der Waals surface area contributed by atoms with E-state index in [1.54, 1.807) is 0 Å². The highest BCUT2D eigenvalue weighted by Gasteiger charge is 2.06. The van der Waals surface area contributed by atoms with E-state index in [1.807, 2.05) is 32.0 Å². The minimum Gasteiger partial charge on any atom is -0.352 e. The lowest BCUT2D eigenvalue weighted by Crippen LogP contribution is -2.26. The van der Waals surface area contributed by atoms with Gasteiger partial charge in [-0.2, -0.15) is 5.21 Å². The Morgan fingerprint density at radius 1 is 1.33 bits per heavy atom. The van der Waals surface area contributed by atoms with Gasteiger partial charge < -0.3 is 5.32 Å². The van der Waals surface area contributed by atoms with Gasteiger partial charge in [-0.1, -0.05) is 11.3 Å². The molecule has 94 valence electrons. The summed E-state index contributed by atoms with van der Waals surface area (Å²) >= 11 is 0. The van der Waals surface area contributed by atoms with Crippen LogP contribution in [0, 0.1) is 13.8 Å². The molecule has 0 aliphatic carbocycles. The highest BCUT2D eigenvalue weighted by Crippen LogP contribution is 2.09. The summed E-state index contributed by atoms with van der Waals surface area (Å²) in [6, 6.07) is 5.66. The van der Waals surface area contributed by atoms with Crippen molar-refractivity contribution in [2.75, 3.05) is 6.54 Å². The predicted molar refractivity (Wildman–Crippen MR) is 66.1 cm³/mol. The topological polar surface area (TPSA) is 83.6 Å². The summed E-state index contributed by atoms with van der Waals surface area (Å²) in [6.45, 7) is 4.50. The third kappa shape index (κ3) is 2.91. The number of carbonyl (C=O) groups is 1. The van der Waals surface area contributed by atoms with Gasteiger partial charge in [-0.25, -0.2) is 0 Å². The van der Waals surface area contributed by atoms with Crippen LogP contribution in [-0.2, 0) is 6.42 Å². The summed E-state index contributed by atoms with van der Waals surface area (Å²) < 4.78 is 0. The van der Waals surface area contributed by atoms with Crippen molar-refractivity contribution in [2.24, 2.45) is 0 Å². The molecule has 0 radical (unpaired) electrons. The molecule has 2 rings (SSSR count). The van der Waals surface area contributed by atoms with E-state index in [1.165, 1.54) is 5.56 Å². The molecule has 0 bridgehead atoms. The Bertz CT molecular complexity index is 535. The second-order valence-corrected chi connectivity index (χ2v) is 4.13. The van der Waals surface area contributed by atoms with Crippen molar-refractivity contribution in [3.63, 3.8) is 0 Å². The number of aromatic amines is 1. The Kier molecular flexibility index (Phi) is 3.66. The SMILES string of the molecule is Cc1ccc(C(=O)NCCc2nn[nH]n2)cc1C. The number of nitrogens with one attached hydrogen (secondary N) is 2. The van der Waals surface area contributed by atoms with E-state index >= 15 is 0 Å². The lowest BCUT2D eigenvalue weighted by atomic mass is 10.1. The quantitative estimate of drug-likeness (QED) is 0.834. The fourth-order valence-corrected chi connectivity index (χ4v) is 1.56. The molecule has 1 aromatic heterocycles. The molecule has 0 saturated heterocycles. The fourth-order valence-electron chi connectivity index (χ4n) is 1.56. The van der Waals surface area contributed by atoms with Crippen LogP contribution >= 0.6 is 0 Å². The molecule has 0 spiro atoms. The first-order chi connectivity index (χ1) is 8.66. The van der Waals surface area contributed by atoms with Crippen LogP contribution in [0.25, 0.3) is 0 Å². The molecule has 2 N–H and O–H groups in total. The van der Waals surface area contributed by atoms with Crippen LogP contribution in [0.3, 0.4) is 0 Å². The summed E-state index contributed by atoms with van der Waals surface area (Å²) in [4.78, 5) is 11.9. The van der Waals surface area contributed by atoms with Crippen LogP contribution in [0.1, 0.15) is 27.3 Å². The van der Waals surface area contributed by atoms with E-state index in [-0.39, 0.29) is 5.91 Å². The summed E-state index contributed by atoms with van der Waals surface area (Å²) in [6.07, 6.45) is 0.563. The first-order valence-electron chi connectivity index (χ1n) is 5.74. The van der Waals surface area contributed by atoms with Crippen LogP contribution in [0.2, 0.25) is 0 Å². The van der Waals surface area contributed by atoms with Crippen LogP contribution in [0.4, 0.5) is 0 Å². The van der Waals surface area contributed by atoms with E-state index < -0.39 is 0 Å². The molecule has 6 nitrogen and oxygen atoms in total. The molecule has 1 heterocycles. The number of rotatable bonds is 4. The van der Waals surface area contributed by atoms with Gasteiger partial charge in [0.05, 0.1) is 0 Å². The van der Waals surface area contributed by atoms with Crippen molar-refractivity contribution in [1.82, 2.24) is 25.9 Å². The molecule has 1 amide bonds. The van der Waals surface area contributed by atoms with Gasteiger partial charge in [-0.3, -0.25) is 4.79 Å². The van der Waals surface area contributed by atoms with Crippen LogP contribution in [0.15, 0.2) is 18.2 Å². The summed E-state index contributed by atoms with van der Waals surface area (Å²) in [5.41, 5.74) is 2.96. The largest absolute Gasteiger partial charge is 0.352 e. The molecule has 18 heavy (non-hydrogen) atoms. The molecule has 0 saturated carbocycles. The van der Waals surface area contributed by atoms with Crippen molar-refractivity contribution in [3.05, 3.63) is 40.7 Å². The number of tetrazole rings is 1. The minimum atomic E-state index is -0.0819. The Morgan fingerprint density at radius 3 is 2.83 bits per heavy atom. The molecule has 0 aliphatic rings. The first-order valence-corrected chi connectivity index (χ1v) is 5.74. The van der Waals surface area contributed by atoms with Crippen LogP contribution in [-0.4, -0.2) is 33.1 Å². The number of amides is 1. The molecular formula is C12H15N5O. The van der Waals surface area contributed by atoms with Crippen molar-refractivity contribution >= 4 is 5.91 Å². The van der Waals surface area contributed by atoms with Gasteiger partial charge >= 0.3 is 0 Å². The van der Waals surface area contributed by atoms with Crippen molar-refractivity contribution < 1.29 is 4.79 Å². The first kappa shape index (κ1) is 12.2. The van der Waals surface area contributed by atoms with Gasteiger partial charge in [0, 0.05) is 18.5 Å². The third-order valence-corrected chi connectivity index (χ3v) is 2.79. The maximum atomic E-state index is 11.9. The van der Waals surface area contributed by atoms with E-state index in [2.05, 4.69) is 25.9 Å². The van der Waals surface area contributed by atoms with E-state index in [9.17, 15) is 4.79 Å². The zero-order valence-corrected chi connectivity index (χ0v) is 10.4. The van der Waals surface area contributed by atoms with Crippen molar-refractivity contribution in [3.8, 4) is 0 Å². The number of benzene rings is 1. The van der Waals surface area contributed by atoms with Crippen molar-refractivity contribution in [2.45, 2.75) is 20.3 Å². The number of hydrogen-bond donors (Lipinski definition) is 2.